The third-order valence-corrected chi connectivity index (χ3v) is 1.55. The van der Waals surface area contributed by atoms with E-state index in [1.54, 1.807) is 0 Å². The van der Waals surface area contributed by atoms with Crippen LogP contribution in [-0.4, -0.2) is 16.4 Å². The standard InChI is InChI=1S/C7H6ClNO2/c8-6-1-5(3-10)2-9-7(6)4-11/h1-3,11H,4H2. The lowest BCUT2D eigenvalue weighted by Crippen LogP contribution is -1.92. The molecule has 1 rings (SSSR count). The second kappa shape index (κ2) is 3.46. The molecule has 0 spiro atoms. The molecule has 0 aromatic carbocycles. The number of halogens is 1. The molecule has 1 aromatic rings. The molecule has 1 heterocycles. The number of rotatable bonds is 2. The van der Waals surface area contributed by atoms with Crippen LogP contribution in [0.1, 0.15) is 16.1 Å². The average molecular weight is 172 g/mol. The van der Waals surface area contributed by atoms with Crippen molar-refractivity contribution in [2.75, 3.05) is 0 Å². The van der Waals surface area contributed by atoms with Gasteiger partial charge in [0.25, 0.3) is 0 Å². The highest BCUT2D eigenvalue weighted by molar-refractivity contribution is 6.31. The molecule has 0 saturated heterocycles. The molecule has 58 valence electrons. The topological polar surface area (TPSA) is 50.2 Å². The maximum absolute atomic E-state index is 10.2. The van der Waals surface area contributed by atoms with Crippen LogP contribution >= 0.6 is 11.6 Å². The van der Waals surface area contributed by atoms with Crippen LogP contribution < -0.4 is 0 Å². The fraction of sp³-hybridized carbons (Fsp3) is 0.143. The molecule has 0 atom stereocenters. The minimum atomic E-state index is -0.210. The zero-order valence-corrected chi connectivity index (χ0v) is 6.38. The van der Waals surface area contributed by atoms with Gasteiger partial charge in [0.1, 0.15) is 0 Å². The normalized spacial score (nSPS) is 9.64. The number of pyridine rings is 1. The number of nitrogens with zero attached hydrogens (tertiary/aromatic N) is 1. The van der Waals surface area contributed by atoms with E-state index in [9.17, 15) is 4.79 Å². The maximum Gasteiger partial charge on any atom is 0.151 e. The van der Waals surface area contributed by atoms with Crippen molar-refractivity contribution in [3.8, 4) is 0 Å². The number of carbonyl (C=O) groups is 1. The summed E-state index contributed by atoms with van der Waals surface area (Å²) in [6, 6.07) is 1.47. The second-order valence-electron chi connectivity index (χ2n) is 1.97. The molecule has 0 saturated carbocycles. The van der Waals surface area contributed by atoms with Gasteiger partial charge in [-0.3, -0.25) is 9.78 Å². The average Bonchev–Trinajstić information content (AvgIpc) is 2.04. The molecule has 0 unspecified atom stereocenters. The fourth-order valence-corrected chi connectivity index (χ4v) is 0.896. The molecule has 3 nitrogen and oxygen atoms in total. The van der Waals surface area contributed by atoms with E-state index in [2.05, 4.69) is 4.98 Å². The number of aliphatic hydroxyl groups is 1. The first-order valence-corrected chi connectivity index (χ1v) is 3.36. The molecule has 0 radical (unpaired) electrons. The Morgan fingerprint density at radius 3 is 2.91 bits per heavy atom. The van der Waals surface area contributed by atoms with Gasteiger partial charge in [0, 0.05) is 11.8 Å². The van der Waals surface area contributed by atoms with E-state index in [1.807, 2.05) is 0 Å². The maximum atomic E-state index is 10.2. The predicted octanol–water partition coefficient (Wildman–Crippen LogP) is 1.04. The molecular formula is C7H6ClNO2. The van der Waals surface area contributed by atoms with Crippen LogP contribution in [0.2, 0.25) is 5.02 Å². The summed E-state index contributed by atoms with van der Waals surface area (Å²) in [6.45, 7) is -0.210. The van der Waals surface area contributed by atoms with Crippen molar-refractivity contribution in [2.45, 2.75) is 6.61 Å². The van der Waals surface area contributed by atoms with Crippen LogP contribution in [0.25, 0.3) is 0 Å². The molecule has 0 bridgehead atoms. The summed E-state index contributed by atoms with van der Waals surface area (Å²) in [5, 5.41) is 8.96. The molecule has 0 amide bonds. The van der Waals surface area contributed by atoms with Crippen molar-refractivity contribution in [3.05, 3.63) is 28.5 Å². The molecule has 0 aliphatic heterocycles. The third kappa shape index (κ3) is 1.76. The van der Waals surface area contributed by atoms with Crippen LogP contribution in [-0.2, 0) is 6.61 Å². The van der Waals surface area contributed by atoms with Gasteiger partial charge in [-0.05, 0) is 6.07 Å². The van der Waals surface area contributed by atoms with Crippen LogP contribution in [0.5, 0.6) is 0 Å². The van der Waals surface area contributed by atoms with Crippen molar-refractivity contribution >= 4 is 17.9 Å². The monoisotopic (exact) mass is 171 g/mol. The van der Waals surface area contributed by atoms with Gasteiger partial charge < -0.3 is 5.11 Å². The van der Waals surface area contributed by atoms with Gasteiger partial charge in [-0.2, -0.15) is 0 Å². The Hall–Kier alpha value is -0.930. The van der Waals surface area contributed by atoms with E-state index in [0.29, 0.717) is 22.6 Å². The first kappa shape index (κ1) is 8.17. The smallest absolute Gasteiger partial charge is 0.151 e. The van der Waals surface area contributed by atoms with E-state index in [0.717, 1.165) is 0 Å². The molecule has 11 heavy (non-hydrogen) atoms. The quantitative estimate of drug-likeness (QED) is 0.677. The van der Waals surface area contributed by atoms with E-state index < -0.39 is 0 Å². The molecule has 0 aliphatic carbocycles. The summed E-state index contributed by atoms with van der Waals surface area (Å²) in [6.07, 6.45) is 2.02. The highest BCUT2D eigenvalue weighted by Crippen LogP contribution is 2.13. The van der Waals surface area contributed by atoms with Gasteiger partial charge in [-0.25, -0.2) is 0 Å². The summed E-state index contributed by atoms with van der Waals surface area (Å²) >= 11 is 5.63. The fourth-order valence-electron chi connectivity index (χ4n) is 0.662. The van der Waals surface area contributed by atoms with Gasteiger partial charge in [-0.15, -0.1) is 0 Å². The van der Waals surface area contributed by atoms with E-state index in [4.69, 9.17) is 16.7 Å². The summed E-state index contributed by atoms with van der Waals surface area (Å²) < 4.78 is 0. The first-order valence-electron chi connectivity index (χ1n) is 2.98. The Labute approximate surface area is 68.6 Å². The molecule has 0 aliphatic rings. The number of hydrogen-bond donors (Lipinski definition) is 1. The Kier molecular flexibility index (Phi) is 2.57. The number of aldehydes is 1. The summed E-state index contributed by atoms with van der Waals surface area (Å²) in [4.78, 5) is 14.0. The largest absolute Gasteiger partial charge is 0.390 e. The molecular weight excluding hydrogens is 166 g/mol. The lowest BCUT2D eigenvalue weighted by molar-refractivity contribution is 0.112. The van der Waals surface area contributed by atoms with Crippen molar-refractivity contribution in [3.63, 3.8) is 0 Å². The summed E-state index contributed by atoms with van der Waals surface area (Å²) in [5.41, 5.74) is 0.796. The minimum Gasteiger partial charge on any atom is -0.390 e. The van der Waals surface area contributed by atoms with Crippen LogP contribution in [0.4, 0.5) is 0 Å². The SMILES string of the molecule is O=Cc1cnc(CO)c(Cl)c1. The highest BCUT2D eigenvalue weighted by atomic mass is 35.5. The van der Waals surface area contributed by atoms with Gasteiger partial charge in [0.2, 0.25) is 0 Å². The number of aromatic nitrogens is 1. The number of carbonyl (C=O) groups excluding carboxylic acids is 1. The Balaban J connectivity index is 3.09. The summed E-state index contributed by atoms with van der Waals surface area (Å²) in [5.74, 6) is 0. The van der Waals surface area contributed by atoms with Crippen molar-refractivity contribution in [1.29, 1.82) is 0 Å². The second-order valence-corrected chi connectivity index (χ2v) is 2.38. The van der Waals surface area contributed by atoms with Crippen LogP contribution in [0.3, 0.4) is 0 Å². The highest BCUT2D eigenvalue weighted by Gasteiger charge is 2.00. The Morgan fingerprint density at radius 1 is 1.73 bits per heavy atom. The van der Waals surface area contributed by atoms with Gasteiger partial charge in [-0.1, -0.05) is 11.6 Å². The zero-order chi connectivity index (χ0) is 8.27. The van der Waals surface area contributed by atoms with E-state index in [1.165, 1.54) is 12.3 Å². The lowest BCUT2D eigenvalue weighted by Gasteiger charge is -1.97. The molecule has 4 heteroatoms. The van der Waals surface area contributed by atoms with Crippen molar-refractivity contribution < 1.29 is 9.90 Å². The third-order valence-electron chi connectivity index (χ3n) is 1.22. The molecule has 0 fully saturated rings. The van der Waals surface area contributed by atoms with Crippen LogP contribution in [0.15, 0.2) is 12.3 Å². The Morgan fingerprint density at radius 2 is 2.45 bits per heavy atom. The summed E-state index contributed by atoms with van der Waals surface area (Å²) in [7, 11) is 0. The van der Waals surface area contributed by atoms with Gasteiger partial charge in [0.05, 0.1) is 17.3 Å². The minimum absolute atomic E-state index is 0.210. The van der Waals surface area contributed by atoms with E-state index >= 15 is 0 Å². The first-order chi connectivity index (χ1) is 5.27. The van der Waals surface area contributed by atoms with Gasteiger partial charge >= 0.3 is 0 Å². The van der Waals surface area contributed by atoms with E-state index in [-0.39, 0.29) is 6.61 Å². The Bertz CT molecular complexity index is 275. The lowest BCUT2D eigenvalue weighted by atomic mass is 10.3. The zero-order valence-electron chi connectivity index (χ0n) is 5.62. The molecule has 1 N–H and O–H groups in total. The van der Waals surface area contributed by atoms with Crippen molar-refractivity contribution in [1.82, 2.24) is 4.98 Å². The van der Waals surface area contributed by atoms with Gasteiger partial charge in [0.15, 0.2) is 6.29 Å². The predicted molar refractivity (Wildman–Crippen MR) is 40.6 cm³/mol. The van der Waals surface area contributed by atoms with Crippen molar-refractivity contribution in [2.24, 2.45) is 0 Å². The molecule has 1 aromatic heterocycles. The van der Waals surface area contributed by atoms with Crippen LogP contribution in [0, 0.1) is 0 Å². The number of hydrogen-bond acceptors (Lipinski definition) is 3. The number of aliphatic hydroxyl groups excluding tert-OH is 1.